The molecule has 8 rings (SSSR count). The van der Waals surface area contributed by atoms with Crippen LogP contribution >= 0.6 is 0 Å². The van der Waals surface area contributed by atoms with Crippen molar-refractivity contribution >= 4 is 23.3 Å². The highest BCUT2D eigenvalue weighted by Gasteiger charge is 2.54. The summed E-state index contributed by atoms with van der Waals surface area (Å²) >= 11 is 0. The Kier molecular flexibility index (Phi) is 10.9. The van der Waals surface area contributed by atoms with Gasteiger partial charge in [-0.3, -0.25) is 19.2 Å². The van der Waals surface area contributed by atoms with Crippen LogP contribution in [0.5, 0.6) is 17.2 Å². The number of phenols is 3. The van der Waals surface area contributed by atoms with Crippen LogP contribution in [-0.4, -0.2) is 143 Å². The van der Waals surface area contributed by atoms with E-state index in [1.54, 1.807) is 13.8 Å². The number of esters is 1. The molecule has 4 heterocycles. The molecule has 4 aliphatic heterocycles. The van der Waals surface area contributed by atoms with E-state index in [0.717, 1.165) is 19.2 Å². The Morgan fingerprint density at radius 2 is 1.56 bits per heavy atom. The molecule has 4 N–H and O–H groups in total. The van der Waals surface area contributed by atoms with Gasteiger partial charge in [-0.15, -0.1) is 0 Å². The molecule has 2 aromatic rings. The summed E-state index contributed by atoms with van der Waals surface area (Å²) in [6, 6.07) is 2.93. The molecule has 4 fully saturated rings. The molecule has 4 saturated heterocycles. The number of aliphatic hydroxyl groups is 1. The zero-order valence-corrected chi connectivity index (χ0v) is 33.9. The van der Waals surface area contributed by atoms with Crippen LogP contribution in [-0.2, 0) is 47.5 Å². The molecule has 320 valence electrons. The summed E-state index contributed by atoms with van der Waals surface area (Å²) in [5.41, 5.74) is -3.14. The predicted molar refractivity (Wildman–Crippen MR) is 201 cm³/mol. The van der Waals surface area contributed by atoms with E-state index in [0.29, 0.717) is 6.42 Å². The molecule has 0 unspecified atom stereocenters. The minimum Gasteiger partial charge on any atom is -0.508 e. The lowest BCUT2D eigenvalue weighted by atomic mass is 9.67. The van der Waals surface area contributed by atoms with Gasteiger partial charge in [0, 0.05) is 54.5 Å². The van der Waals surface area contributed by atoms with Crippen LogP contribution in [0.4, 0.5) is 0 Å². The van der Waals surface area contributed by atoms with Gasteiger partial charge < -0.3 is 63.2 Å². The van der Waals surface area contributed by atoms with Crippen molar-refractivity contribution in [2.45, 2.75) is 145 Å². The van der Waals surface area contributed by atoms with Gasteiger partial charge >= 0.3 is 5.97 Å². The van der Waals surface area contributed by atoms with Crippen LogP contribution in [0, 0.1) is 0 Å². The molecule has 17 nitrogen and oxygen atoms in total. The molecule has 14 atom stereocenters. The van der Waals surface area contributed by atoms with Crippen molar-refractivity contribution in [2.24, 2.45) is 0 Å². The summed E-state index contributed by atoms with van der Waals surface area (Å²) in [7, 11) is 4.93. The average molecular weight is 826 g/mol. The van der Waals surface area contributed by atoms with Gasteiger partial charge in [0.25, 0.3) is 0 Å². The number of benzene rings is 2. The van der Waals surface area contributed by atoms with Crippen molar-refractivity contribution in [1.29, 1.82) is 0 Å². The number of methoxy groups -OCH3 is 1. The van der Waals surface area contributed by atoms with Crippen LogP contribution in [0.2, 0.25) is 0 Å². The number of Topliss-reactive ketones (excluding diaryl/α,β-unsaturated/α-hetero) is 1. The fourth-order valence-electron chi connectivity index (χ4n) is 9.77. The molecule has 2 aliphatic carbocycles. The molecule has 0 amide bonds. The van der Waals surface area contributed by atoms with E-state index >= 15 is 0 Å². The first-order valence-corrected chi connectivity index (χ1v) is 20.1. The van der Waals surface area contributed by atoms with E-state index in [2.05, 4.69) is 0 Å². The number of ketones is 3. The summed E-state index contributed by atoms with van der Waals surface area (Å²) in [4.78, 5) is 55.6. The Hall–Kier alpha value is -4.04. The number of aromatic hydroxyl groups is 3. The Bertz CT molecular complexity index is 2050. The summed E-state index contributed by atoms with van der Waals surface area (Å²) < 4.78 is 49.6. The molecule has 17 heteroatoms. The smallest absolute Gasteiger partial charge is 0.316 e. The lowest BCUT2D eigenvalue weighted by Gasteiger charge is -2.51. The van der Waals surface area contributed by atoms with E-state index in [1.165, 1.54) is 6.07 Å². The van der Waals surface area contributed by atoms with E-state index in [4.69, 9.17) is 37.9 Å². The van der Waals surface area contributed by atoms with Crippen molar-refractivity contribution in [3.63, 3.8) is 0 Å². The highest BCUT2D eigenvalue weighted by molar-refractivity contribution is 6.30. The number of rotatable bonds is 7. The Morgan fingerprint density at radius 3 is 2.25 bits per heavy atom. The normalized spacial score (nSPS) is 37.8. The molecule has 0 saturated carbocycles. The van der Waals surface area contributed by atoms with Gasteiger partial charge in [-0.1, -0.05) is 6.92 Å². The minimum atomic E-state index is -1.79. The predicted octanol–water partition coefficient (Wildman–Crippen LogP) is 2.88. The molecular formula is C42H51NO16. The van der Waals surface area contributed by atoms with Gasteiger partial charge in [0.2, 0.25) is 5.78 Å². The van der Waals surface area contributed by atoms with Crippen molar-refractivity contribution in [3.05, 3.63) is 51.6 Å². The first-order chi connectivity index (χ1) is 27.9. The molecule has 0 radical (unpaired) electrons. The van der Waals surface area contributed by atoms with E-state index in [1.807, 2.05) is 32.8 Å². The lowest BCUT2D eigenvalue weighted by molar-refractivity contribution is -0.370. The minimum absolute atomic E-state index is 0.00651. The first kappa shape index (κ1) is 41.7. The maximum atomic E-state index is 14.0. The van der Waals surface area contributed by atoms with Gasteiger partial charge in [0.1, 0.15) is 47.6 Å². The third-order valence-corrected chi connectivity index (χ3v) is 12.9. The standard InChI is InChI=1S/C42H51NO16/c1-8-42(51)15-28(32-20(34(42)40(50)52-7)11-22-33(37(32)49)36(48)31-21(35(22)47)9-19(44)10-25(31)46)56-29-12-23(43(5)6)38(17(3)53-29)59-30-14-26-39(18(4)54-30)57-27-13-24(45)16(2)55-41(27)58-26/h9-11,16-18,23,26-30,34,38-39,41,44,46,49,51H,8,12-15H2,1-7H3/t16-,17-,18-,23-,26-,27-,28-,29-,30-,34-,38+,39+,41-,42+/m0/s1. The van der Waals surface area contributed by atoms with E-state index in [9.17, 15) is 39.6 Å². The van der Waals surface area contributed by atoms with Gasteiger partial charge in [-0.05, 0) is 59.0 Å². The molecule has 0 aromatic heterocycles. The van der Waals surface area contributed by atoms with Gasteiger partial charge in [-0.25, -0.2) is 0 Å². The van der Waals surface area contributed by atoms with Crippen molar-refractivity contribution in [2.75, 3.05) is 21.2 Å². The Balaban J connectivity index is 1.07. The number of hydrogen-bond donors (Lipinski definition) is 4. The van der Waals surface area contributed by atoms with Crippen LogP contribution in [0.25, 0.3) is 0 Å². The Labute approximate surface area is 340 Å². The molecule has 0 spiro atoms. The highest BCUT2D eigenvalue weighted by Crippen LogP contribution is 2.54. The number of fused-ring (bicyclic) bond motifs is 5. The zero-order valence-electron chi connectivity index (χ0n) is 33.9. The molecule has 0 bridgehead atoms. The summed E-state index contributed by atoms with van der Waals surface area (Å²) in [5.74, 6) is -5.68. The van der Waals surface area contributed by atoms with Gasteiger partial charge in [0.15, 0.2) is 30.4 Å². The lowest BCUT2D eigenvalue weighted by Crippen LogP contribution is -2.62. The molecule has 6 aliphatic rings. The molecule has 2 aromatic carbocycles. The maximum absolute atomic E-state index is 14.0. The van der Waals surface area contributed by atoms with Gasteiger partial charge in [0.05, 0.1) is 48.3 Å². The second-order valence-electron chi connectivity index (χ2n) is 16.7. The fraction of sp³-hybridized carbons (Fsp3) is 0.619. The van der Waals surface area contributed by atoms with Crippen molar-refractivity contribution in [3.8, 4) is 17.2 Å². The number of carbonyl (C=O) groups excluding carboxylic acids is 4. The van der Waals surface area contributed by atoms with E-state index < -0.39 is 125 Å². The van der Waals surface area contributed by atoms with Gasteiger partial charge in [-0.2, -0.15) is 0 Å². The largest absolute Gasteiger partial charge is 0.508 e. The fourth-order valence-corrected chi connectivity index (χ4v) is 9.77. The third-order valence-electron chi connectivity index (χ3n) is 12.9. The SMILES string of the molecule is CC[C@@]1(O)C[C@H](O[C@H]2C[C@H](N(C)C)[C@H](O[C@H]3C[C@@H]4O[C@@H]5O[C@@H](C)C(=O)C[C@@H]5O[C@@H]4[C@H](C)O3)[C@H](C)O2)c2c(cc3c(c2O)C(=O)c2c(O)cc(O)cc2C3=O)[C@H]1C(=O)OC. The third kappa shape index (κ3) is 7.03. The quantitative estimate of drug-likeness (QED) is 0.251. The van der Waals surface area contributed by atoms with E-state index in [-0.39, 0.29) is 59.8 Å². The molecular weight excluding hydrogens is 774 g/mol. The first-order valence-electron chi connectivity index (χ1n) is 20.1. The second kappa shape index (κ2) is 15.5. The van der Waals surface area contributed by atoms with Crippen LogP contribution < -0.4 is 0 Å². The summed E-state index contributed by atoms with van der Waals surface area (Å²) in [6.07, 6.45) is -6.42. The summed E-state index contributed by atoms with van der Waals surface area (Å²) in [6.45, 7) is 7.07. The van der Waals surface area contributed by atoms with Crippen LogP contribution in [0.3, 0.4) is 0 Å². The number of carbonyl (C=O) groups is 4. The average Bonchev–Trinajstić information content (AvgIpc) is 3.17. The molecule has 59 heavy (non-hydrogen) atoms. The Morgan fingerprint density at radius 1 is 0.864 bits per heavy atom. The number of nitrogens with zero attached hydrogens (tertiary/aromatic N) is 1. The summed E-state index contributed by atoms with van der Waals surface area (Å²) in [5, 5.41) is 44.9. The number of ether oxygens (including phenoxy) is 8. The number of phenolic OH excluding ortho intramolecular Hbond substituents is 3. The van der Waals surface area contributed by atoms with Crippen LogP contribution in [0.15, 0.2) is 18.2 Å². The second-order valence-corrected chi connectivity index (χ2v) is 16.7. The monoisotopic (exact) mass is 825 g/mol. The highest BCUT2D eigenvalue weighted by atomic mass is 16.8. The van der Waals surface area contributed by atoms with Crippen molar-refractivity contribution < 1.29 is 77.5 Å². The number of hydrogen-bond acceptors (Lipinski definition) is 17. The van der Waals surface area contributed by atoms with Crippen molar-refractivity contribution in [1.82, 2.24) is 4.90 Å². The zero-order chi connectivity index (χ0) is 42.4. The number of likely N-dealkylation sites (N-methyl/N-ethyl adjacent to an activating group) is 1. The maximum Gasteiger partial charge on any atom is 0.316 e. The van der Waals surface area contributed by atoms with Crippen LogP contribution in [0.1, 0.15) is 115 Å². The topological polar surface area (TPSA) is 226 Å².